The molecular formula is C69H90N10O13S2. The quantitative estimate of drug-likeness (QED) is 0.0215. The van der Waals surface area contributed by atoms with Gasteiger partial charge in [0.2, 0.25) is 20.0 Å². The van der Waals surface area contributed by atoms with Crippen molar-refractivity contribution < 1.29 is 60.0 Å². The molecule has 0 bridgehead atoms. The molecule has 3 amide bonds. The van der Waals surface area contributed by atoms with Crippen molar-refractivity contribution in [3.05, 3.63) is 114 Å². The Kier molecular flexibility index (Phi) is 21.2. The molecule has 23 nitrogen and oxygen atoms in total. The van der Waals surface area contributed by atoms with Gasteiger partial charge in [0.05, 0.1) is 81.8 Å². The molecule has 5 fully saturated rings. The zero-order chi connectivity index (χ0) is 65.8. The van der Waals surface area contributed by atoms with E-state index in [0.717, 1.165) is 63.4 Å². The maximum Gasteiger partial charge on any atom is 0.411 e. The van der Waals surface area contributed by atoms with Crippen LogP contribution < -0.4 is 37.3 Å². The number of carbonyl (C=O) groups excluding carboxylic acids is 3. The van der Waals surface area contributed by atoms with Crippen LogP contribution in [0.1, 0.15) is 144 Å². The third kappa shape index (κ3) is 15.7. The Balaban J connectivity index is 0.544. The molecule has 25 heteroatoms. The van der Waals surface area contributed by atoms with E-state index >= 15 is 0 Å². The van der Waals surface area contributed by atoms with E-state index in [1.165, 1.54) is 29.2 Å². The van der Waals surface area contributed by atoms with Crippen LogP contribution in [0.25, 0.3) is 33.2 Å². The van der Waals surface area contributed by atoms with E-state index in [0.29, 0.717) is 108 Å². The number of carbonyl (C=O) groups is 3. The Bertz CT molecular complexity index is 3860. The molecule has 12 N–H and O–H groups in total. The van der Waals surface area contributed by atoms with Gasteiger partial charge in [-0.2, -0.15) is 0 Å². The zero-order valence-electron chi connectivity index (χ0n) is 53.4. The van der Waals surface area contributed by atoms with Crippen molar-refractivity contribution in [2.75, 3.05) is 30.3 Å². The number of sulfonamides is 2. The highest BCUT2D eigenvalue weighted by Gasteiger charge is 2.42. The van der Waals surface area contributed by atoms with Crippen molar-refractivity contribution in [2.24, 2.45) is 23.1 Å². The summed E-state index contributed by atoms with van der Waals surface area (Å²) in [6.07, 6.45) is 8.01. The monoisotopic (exact) mass is 1330 g/mol. The summed E-state index contributed by atoms with van der Waals surface area (Å²) in [7, 11) is -7.98. The number of imide groups is 1. The van der Waals surface area contributed by atoms with Crippen molar-refractivity contribution in [1.82, 2.24) is 24.3 Å². The van der Waals surface area contributed by atoms with Gasteiger partial charge in [-0.05, 0) is 169 Å². The maximum atomic E-state index is 14.0. The second-order valence-electron chi connectivity index (χ2n) is 26.7. The van der Waals surface area contributed by atoms with Crippen LogP contribution in [0.3, 0.4) is 0 Å². The molecule has 2 heterocycles. The van der Waals surface area contributed by atoms with Gasteiger partial charge in [-0.25, -0.2) is 36.1 Å². The summed E-state index contributed by atoms with van der Waals surface area (Å²) in [5.74, 6) is 0.384. The lowest BCUT2D eigenvalue weighted by atomic mass is 9.84. The van der Waals surface area contributed by atoms with Crippen molar-refractivity contribution >= 4 is 71.1 Å². The lowest BCUT2D eigenvalue weighted by Gasteiger charge is -2.43. The number of aromatic nitrogens is 2. The van der Waals surface area contributed by atoms with E-state index in [-0.39, 0.29) is 108 Å². The topological polar surface area (TPSA) is 344 Å². The average molecular weight is 1330 g/mol. The number of ether oxygens (including phenoxy) is 5. The molecule has 5 aliphatic carbocycles. The molecular weight excluding hydrogens is 1240 g/mol. The summed E-state index contributed by atoms with van der Waals surface area (Å²) in [4.78, 5) is 48.7. The van der Waals surface area contributed by atoms with Gasteiger partial charge < -0.3 is 56.3 Å². The number of aromatic amines is 1. The second kappa shape index (κ2) is 29.5. The Labute approximate surface area is 549 Å². The van der Waals surface area contributed by atoms with Crippen LogP contribution in [0, 0.1) is 5.92 Å². The third-order valence-electron chi connectivity index (χ3n) is 19.9. The SMILES string of the molecule is CCCCN1C(=O)c2cccc3c(NCCOC(=O)Nc4ccc(S(=O)(=O)NC5CC(OC6CCC(OC7CCC(OC8CCC(OC9CCC(C)CC9NS(=O)(=O)c9ccc%10nc(-c%11ccccc%11)[nH]c%10c9)CC8N)CC7N)CC6N)CCC5O)cc4)ccc(c23)C1=O. The van der Waals surface area contributed by atoms with Gasteiger partial charge in [-0.15, -0.1) is 0 Å². The van der Waals surface area contributed by atoms with Crippen molar-refractivity contribution in [3.63, 3.8) is 0 Å². The van der Waals surface area contributed by atoms with Crippen LogP contribution in [-0.4, -0.2) is 160 Å². The van der Waals surface area contributed by atoms with Crippen molar-refractivity contribution in [2.45, 2.75) is 218 Å². The summed E-state index contributed by atoms with van der Waals surface area (Å²) in [6, 6.07) is 27.1. The minimum atomic E-state index is -4.09. The molecule has 0 spiro atoms. The number of imidazole rings is 1. The van der Waals surface area contributed by atoms with E-state index in [1.807, 2.05) is 43.3 Å². The van der Waals surface area contributed by atoms with E-state index in [9.17, 15) is 36.3 Å². The molecule has 6 aromatic rings. The lowest BCUT2D eigenvalue weighted by Crippen LogP contribution is -2.53. The Morgan fingerprint density at radius 1 is 0.638 bits per heavy atom. The van der Waals surface area contributed by atoms with Crippen molar-refractivity contribution in [1.29, 1.82) is 0 Å². The lowest BCUT2D eigenvalue weighted by molar-refractivity contribution is -0.132. The van der Waals surface area contributed by atoms with Gasteiger partial charge in [-0.1, -0.05) is 62.7 Å². The fourth-order valence-electron chi connectivity index (χ4n) is 14.7. The normalized spacial score (nSPS) is 29.3. The fourth-order valence-corrected chi connectivity index (χ4v) is 17.3. The van der Waals surface area contributed by atoms with Gasteiger partial charge in [0.15, 0.2) is 0 Å². The zero-order valence-corrected chi connectivity index (χ0v) is 55.0. The first-order valence-electron chi connectivity index (χ1n) is 33.6. The first-order valence-corrected chi connectivity index (χ1v) is 36.6. The van der Waals surface area contributed by atoms with Crippen LogP contribution in [0.4, 0.5) is 16.2 Å². The molecule has 506 valence electrons. The Morgan fingerprint density at radius 3 is 1.85 bits per heavy atom. The molecule has 1 aliphatic heterocycles. The van der Waals surface area contributed by atoms with E-state index in [2.05, 4.69) is 37.0 Å². The highest BCUT2D eigenvalue weighted by Crippen LogP contribution is 2.38. The van der Waals surface area contributed by atoms with Crippen LogP contribution in [0.15, 0.2) is 113 Å². The summed E-state index contributed by atoms with van der Waals surface area (Å²) < 4.78 is 93.1. The Hall–Kier alpha value is -6.46. The highest BCUT2D eigenvalue weighted by molar-refractivity contribution is 7.89. The minimum Gasteiger partial charge on any atom is -0.447 e. The number of hydrogen-bond donors (Lipinski definition) is 9. The molecule has 0 saturated heterocycles. The largest absolute Gasteiger partial charge is 0.447 e. The number of aliphatic hydroxyl groups excluding tert-OH is 1. The Morgan fingerprint density at radius 2 is 1.21 bits per heavy atom. The number of hydrogen-bond acceptors (Lipinski definition) is 18. The number of H-pyrrole nitrogens is 1. The molecule has 0 radical (unpaired) electrons. The number of nitrogens with two attached hydrogens (primary N) is 3. The van der Waals surface area contributed by atoms with Gasteiger partial charge >= 0.3 is 6.09 Å². The summed E-state index contributed by atoms with van der Waals surface area (Å²) >= 11 is 0. The maximum absolute atomic E-state index is 14.0. The number of fused-ring (bicyclic) bond motifs is 1. The van der Waals surface area contributed by atoms with Gasteiger partial charge in [0.1, 0.15) is 12.4 Å². The number of nitrogens with one attached hydrogen (secondary N) is 5. The molecule has 5 aromatic carbocycles. The predicted octanol–water partition coefficient (Wildman–Crippen LogP) is 8.35. The van der Waals surface area contributed by atoms with Crippen LogP contribution in [0.5, 0.6) is 0 Å². The number of aliphatic hydroxyl groups is 1. The molecule has 94 heavy (non-hydrogen) atoms. The standard InChI is InChI=1S/C69H90N10O13S2/c1-3-4-32-79-67(81)50-12-8-11-49-55(25-23-51(65(49)50)68(79)82)73-31-33-88-69(83)74-42-14-20-47(21-15-42)93(84,85)77-58-38-46(16-26-60(58)80)91-63-29-18-44(36-53(63)71)89-61-28-17-43(35-52(61)70)90-62-30-19-45(37-54(62)72)92-64-27-13-40(2)34-59(64)78-94(86,87)48-22-24-56-57(39-48)76-66(75-56)41-9-6-5-7-10-41/h5-12,14-15,20-25,39-40,43-46,52-54,58-64,73,77-78,80H,3-4,13,16-19,26-38,70-72H2,1-2H3,(H,74,83)(H,75,76). The second-order valence-corrected chi connectivity index (χ2v) is 30.1. The summed E-state index contributed by atoms with van der Waals surface area (Å²) in [5, 5.41) is 18.2. The number of anilines is 2. The van der Waals surface area contributed by atoms with Crippen LogP contribution >= 0.6 is 0 Å². The predicted molar refractivity (Wildman–Crippen MR) is 357 cm³/mol. The first kappa shape index (κ1) is 67.5. The molecule has 1 aromatic heterocycles. The number of amides is 3. The average Bonchev–Trinajstić information content (AvgIpc) is 0.870. The molecule has 12 rings (SSSR count). The number of nitrogens with zero attached hydrogens (tertiary/aromatic N) is 2. The molecule has 5 saturated carbocycles. The minimum absolute atomic E-state index is 0.0238. The number of unbranched alkanes of at least 4 members (excludes halogenated alkanes) is 1. The van der Waals surface area contributed by atoms with Crippen LogP contribution in [0.2, 0.25) is 0 Å². The highest BCUT2D eigenvalue weighted by atomic mass is 32.2. The number of benzene rings is 5. The number of rotatable bonds is 23. The van der Waals surface area contributed by atoms with Gasteiger partial charge in [0, 0.05) is 76.1 Å². The van der Waals surface area contributed by atoms with E-state index < -0.39 is 44.3 Å². The smallest absolute Gasteiger partial charge is 0.411 e. The van der Waals surface area contributed by atoms with E-state index in [4.69, 9.17) is 40.9 Å². The van der Waals surface area contributed by atoms with Crippen molar-refractivity contribution in [3.8, 4) is 11.4 Å². The molecule has 15 unspecified atom stereocenters. The summed E-state index contributed by atoms with van der Waals surface area (Å²) in [6.45, 7) is 4.72. The van der Waals surface area contributed by atoms with E-state index in [1.54, 1.807) is 42.5 Å². The summed E-state index contributed by atoms with van der Waals surface area (Å²) in [5.41, 5.74) is 24.6. The van der Waals surface area contributed by atoms with Gasteiger partial charge in [0.25, 0.3) is 11.8 Å². The molecule has 15 atom stereocenters. The van der Waals surface area contributed by atoms with Gasteiger partial charge in [-0.3, -0.25) is 19.8 Å². The fraction of sp³-hybridized carbons (Fsp3) is 0.536. The third-order valence-corrected chi connectivity index (χ3v) is 22.8. The molecule has 6 aliphatic rings. The van der Waals surface area contributed by atoms with Crippen LogP contribution in [-0.2, 0) is 43.7 Å². The first-order chi connectivity index (χ1) is 45.2.